The van der Waals surface area contributed by atoms with Crippen molar-refractivity contribution < 1.29 is 13.9 Å². The Bertz CT molecular complexity index is 1360. The predicted octanol–water partition coefficient (Wildman–Crippen LogP) is 6.75. The molecule has 0 atom stereocenters. The van der Waals surface area contributed by atoms with E-state index in [2.05, 4.69) is 0 Å². The van der Waals surface area contributed by atoms with E-state index in [0.29, 0.717) is 27.1 Å². The van der Waals surface area contributed by atoms with Gasteiger partial charge in [0.15, 0.2) is 0 Å². The average molecular weight is 467 g/mol. The van der Waals surface area contributed by atoms with E-state index in [-0.39, 0.29) is 18.8 Å². The predicted molar refractivity (Wildman–Crippen MR) is 126 cm³/mol. The zero-order valence-corrected chi connectivity index (χ0v) is 18.7. The molecule has 4 nitrogen and oxygen atoms in total. The zero-order chi connectivity index (χ0) is 22.1. The number of rotatable bonds is 6. The molecular weight excluding hydrogens is 447 g/mol. The Morgan fingerprint density at radius 1 is 0.812 bits per heavy atom. The lowest BCUT2D eigenvalue weighted by Crippen LogP contribution is -2.08. The van der Waals surface area contributed by atoms with E-state index in [1.807, 2.05) is 54.6 Å². The Balaban J connectivity index is 1.54. The number of hydrogen-bond donors (Lipinski definition) is 0. The number of hydrogen-bond acceptors (Lipinski definition) is 4. The van der Waals surface area contributed by atoms with Gasteiger partial charge in [0.25, 0.3) is 0 Å². The van der Waals surface area contributed by atoms with E-state index in [1.165, 1.54) is 0 Å². The van der Waals surface area contributed by atoms with Crippen molar-refractivity contribution in [1.29, 1.82) is 0 Å². The average Bonchev–Trinajstić information content (AvgIpc) is 3.28. The van der Waals surface area contributed by atoms with E-state index in [9.17, 15) is 4.79 Å². The number of fused-ring (bicyclic) bond motifs is 3. The fourth-order valence-electron chi connectivity index (χ4n) is 4.09. The first-order chi connectivity index (χ1) is 15.6. The molecule has 0 saturated carbocycles. The Morgan fingerprint density at radius 3 is 2.12 bits per heavy atom. The third-order valence-corrected chi connectivity index (χ3v) is 6.44. The van der Waals surface area contributed by atoms with E-state index in [0.717, 1.165) is 46.9 Å². The van der Waals surface area contributed by atoms with Crippen LogP contribution in [0.25, 0.3) is 11.0 Å². The molecule has 4 aromatic rings. The standard InChI is InChI=1S/C26H20Cl2O4/c27-21-10-3-1-6-16(21)14-30-18-12-23(31-15-17-7-2-4-11-22(17)28)25-19-8-5-9-20(19)26(29)32-24(25)13-18/h1-4,6-7,10-13H,5,8-9,14-15H2. The fourth-order valence-corrected chi connectivity index (χ4v) is 4.48. The monoisotopic (exact) mass is 466 g/mol. The van der Waals surface area contributed by atoms with Crippen molar-refractivity contribution in [2.45, 2.75) is 32.5 Å². The highest BCUT2D eigenvalue weighted by Gasteiger charge is 2.23. The van der Waals surface area contributed by atoms with Crippen molar-refractivity contribution in [3.63, 3.8) is 0 Å². The highest BCUT2D eigenvalue weighted by atomic mass is 35.5. The minimum absolute atomic E-state index is 0.282. The van der Waals surface area contributed by atoms with Gasteiger partial charge in [0.2, 0.25) is 0 Å². The molecule has 3 aromatic carbocycles. The van der Waals surface area contributed by atoms with Gasteiger partial charge in [-0.25, -0.2) is 4.79 Å². The SMILES string of the molecule is O=c1oc2cc(OCc3ccccc3Cl)cc(OCc3ccccc3Cl)c2c2c1CCC2. The van der Waals surface area contributed by atoms with Crippen LogP contribution in [0, 0.1) is 0 Å². The van der Waals surface area contributed by atoms with Crippen molar-refractivity contribution in [2.75, 3.05) is 0 Å². The first-order valence-electron chi connectivity index (χ1n) is 10.4. The molecule has 6 heteroatoms. The summed E-state index contributed by atoms with van der Waals surface area (Å²) in [7, 11) is 0. The van der Waals surface area contributed by atoms with Crippen molar-refractivity contribution in [3.8, 4) is 11.5 Å². The first-order valence-corrected chi connectivity index (χ1v) is 11.2. The van der Waals surface area contributed by atoms with E-state index in [1.54, 1.807) is 6.07 Å². The van der Waals surface area contributed by atoms with Gasteiger partial charge in [-0.05, 0) is 37.0 Å². The molecule has 0 aliphatic heterocycles. The second kappa shape index (κ2) is 8.89. The van der Waals surface area contributed by atoms with E-state index < -0.39 is 0 Å². The van der Waals surface area contributed by atoms with Crippen LogP contribution in [0.4, 0.5) is 0 Å². The molecule has 0 unspecified atom stereocenters. The quantitative estimate of drug-likeness (QED) is 0.295. The number of aryl methyl sites for hydroxylation is 1. The van der Waals surface area contributed by atoms with Crippen LogP contribution in [0.1, 0.15) is 28.7 Å². The number of halogens is 2. The van der Waals surface area contributed by atoms with Gasteiger partial charge in [-0.3, -0.25) is 0 Å². The summed E-state index contributed by atoms with van der Waals surface area (Å²) in [6.45, 7) is 0.570. The molecule has 0 bridgehead atoms. The molecular formula is C26H20Cl2O4. The van der Waals surface area contributed by atoms with Gasteiger partial charge in [0.1, 0.15) is 30.3 Å². The summed E-state index contributed by atoms with van der Waals surface area (Å²) < 4.78 is 17.9. The molecule has 1 aliphatic carbocycles. The van der Waals surface area contributed by atoms with Crippen LogP contribution in [-0.2, 0) is 26.1 Å². The normalized spacial score (nSPS) is 12.7. The summed E-state index contributed by atoms with van der Waals surface area (Å²) in [5.74, 6) is 1.14. The topological polar surface area (TPSA) is 48.7 Å². The van der Waals surface area contributed by atoms with E-state index in [4.69, 9.17) is 37.1 Å². The van der Waals surface area contributed by atoms with Gasteiger partial charge in [-0.15, -0.1) is 0 Å². The minimum atomic E-state index is -0.287. The second-order valence-electron chi connectivity index (χ2n) is 7.75. The molecule has 0 saturated heterocycles. The van der Waals surface area contributed by atoms with Gasteiger partial charge in [0.05, 0.1) is 5.39 Å². The lowest BCUT2D eigenvalue weighted by atomic mass is 10.1. The molecule has 5 rings (SSSR count). The molecule has 32 heavy (non-hydrogen) atoms. The smallest absolute Gasteiger partial charge is 0.339 e. The minimum Gasteiger partial charge on any atom is -0.489 e. The fraction of sp³-hybridized carbons (Fsp3) is 0.192. The Kier molecular flexibility index (Phi) is 5.81. The van der Waals surface area contributed by atoms with Crippen molar-refractivity contribution in [3.05, 3.63) is 103 Å². The van der Waals surface area contributed by atoms with Crippen LogP contribution >= 0.6 is 23.2 Å². The third-order valence-electron chi connectivity index (χ3n) is 5.70. The molecule has 0 N–H and O–H groups in total. The number of ether oxygens (including phenoxy) is 2. The summed E-state index contributed by atoms with van der Waals surface area (Å²) >= 11 is 12.6. The molecule has 0 amide bonds. The molecule has 0 spiro atoms. The Morgan fingerprint density at radius 2 is 1.44 bits per heavy atom. The highest BCUT2D eigenvalue weighted by molar-refractivity contribution is 6.31. The van der Waals surface area contributed by atoms with Crippen LogP contribution in [0.3, 0.4) is 0 Å². The number of benzene rings is 3. The molecule has 0 radical (unpaired) electrons. The third kappa shape index (κ3) is 4.08. The van der Waals surface area contributed by atoms with Crippen molar-refractivity contribution in [2.24, 2.45) is 0 Å². The molecule has 1 aliphatic rings. The molecule has 162 valence electrons. The maximum atomic E-state index is 12.5. The van der Waals surface area contributed by atoms with Crippen LogP contribution in [0.15, 0.2) is 69.9 Å². The van der Waals surface area contributed by atoms with Gasteiger partial charge >= 0.3 is 5.63 Å². The van der Waals surface area contributed by atoms with Crippen LogP contribution < -0.4 is 15.1 Å². The van der Waals surface area contributed by atoms with Gasteiger partial charge in [-0.1, -0.05) is 59.6 Å². The summed E-state index contributed by atoms with van der Waals surface area (Å²) in [4.78, 5) is 12.5. The summed E-state index contributed by atoms with van der Waals surface area (Å²) in [6, 6.07) is 18.7. The summed E-state index contributed by atoms with van der Waals surface area (Å²) in [6.07, 6.45) is 2.47. The summed E-state index contributed by atoms with van der Waals surface area (Å²) in [5, 5.41) is 2.10. The zero-order valence-electron chi connectivity index (χ0n) is 17.2. The first kappa shape index (κ1) is 20.9. The van der Waals surface area contributed by atoms with Crippen molar-refractivity contribution in [1.82, 2.24) is 0 Å². The largest absolute Gasteiger partial charge is 0.489 e. The molecule has 1 aromatic heterocycles. The van der Waals surface area contributed by atoms with Crippen LogP contribution in [0.2, 0.25) is 10.0 Å². The van der Waals surface area contributed by atoms with E-state index >= 15 is 0 Å². The Hall–Kier alpha value is -2.95. The summed E-state index contributed by atoms with van der Waals surface area (Å²) in [5.41, 5.74) is 3.65. The van der Waals surface area contributed by atoms with Crippen LogP contribution in [0.5, 0.6) is 11.5 Å². The van der Waals surface area contributed by atoms with Gasteiger partial charge in [0, 0.05) is 38.9 Å². The lowest BCUT2D eigenvalue weighted by Gasteiger charge is -2.15. The van der Waals surface area contributed by atoms with Gasteiger partial charge in [-0.2, -0.15) is 0 Å². The molecule has 0 fully saturated rings. The Labute approximate surface area is 195 Å². The molecule has 1 heterocycles. The highest BCUT2D eigenvalue weighted by Crippen LogP contribution is 2.38. The lowest BCUT2D eigenvalue weighted by molar-refractivity contribution is 0.292. The van der Waals surface area contributed by atoms with Crippen molar-refractivity contribution >= 4 is 34.2 Å². The van der Waals surface area contributed by atoms with Crippen LogP contribution in [-0.4, -0.2) is 0 Å². The second-order valence-corrected chi connectivity index (χ2v) is 8.57. The van der Waals surface area contributed by atoms with Gasteiger partial charge < -0.3 is 13.9 Å². The maximum Gasteiger partial charge on any atom is 0.339 e. The maximum absolute atomic E-state index is 12.5.